The number of aryl methyl sites for hydroxylation is 1. The van der Waals surface area contributed by atoms with Crippen molar-refractivity contribution in [2.75, 3.05) is 26.7 Å². The summed E-state index contributed by atoms with van der Waals surface area (Å²) in [5.41, 5.74) is 1.27. The molecule has 0 spiro atoms. The van der Waals surface area contributed by atoms with E-state index < -0.39 is 0 Å². The van der Waals surface area contributed by atoms with Crippen LogP contribution < -0.4 is 28.7 Å². The molecule has 0 fully saturated rings. The molecule has 0 heterocycles. The van der Waals surface area contributed by atoms with E-state index in [2.05, 4.69) is 37.9 Å². The van der Waals surface area contributed by atoms with Crippen LogP contribution in [0.4, 0.5) is 0 Å². The van der Waals surface area contributed by atoms with Gasteiger partial charge >= 0.3 is 0 Å². The molecular formula is C12H19INO-. The summed E-state index contributed by atoms with van der Waals surface area (Å²) >= 11 is 0. The fraction of sp³-hybridized carbons (Fsp3) is 0.500. The van der Waals surface area contributed by atoms with Crippen LogP contribution in [0.2, 0.25) is 0 Å². The van der Waals surface area contributed by atoms with E-state index in [9.17, 15) is 0 Å². The average Bonchev–Trinajstić information content (AvgIpc) is 2.21. The smallest absolute Gasteiger partial charge is 0.119 e. The van der Waals surface area contributed by atoms with Crippen LogP contribution in [0.3, 0.4) is 0 Å². The maximum Gasteiger partial charge on any atom is 0.119 e. The Bertz CT molecular complexity index is 261. The lowest BCUT2D eigenvalue weighted by atomic mass is 10.2. The van der Waals surface area contributed by atoms with Gasteiger partial charge in [0.15, 0.2) is 0 Å². The zero-order valence-corrected chi connectivity index (χ0v) is 11.8. The van der Waals surface area contributed by atoms with Crippen LogP contribution >= 0.6 is 0 Å². The Kier molecular flexibility index (Phi) is 7.78. The van der Waals surface area contributed by atoms with Gasteiger partial charge in [0.05, 0.1) is 0 Å². The third-order valence-corrected chi connectivity index (χ3v) is 2.30. The second kappa shape index (κ2) is 7.93. The predicted octanol–water partition coefficient (Wildman–Crippen LogP) is -0.670. The lowest BCUT2D eigenvalue weighted by Crippen LogP contribution is -3.00. The van der Waals surface area contributed by atoms with Gasteiger partial charge in [0.2, 0.25) is 0 Å². The number of hydrogen-bond acceptors (Lipinski definition) is 2. The van der Waals surface area contributed by atoms with E-state index in [1.54, 1.807) is 0 Å². The van der Waals surface area contributed by atoms with Crippen LogP contribution in [0.15, 0.2) is 24.3 Å². The van der Waals surface area contributed by atoms with Crippen molar-refractivity contribution in [2.24, 2.45) is 0 Å². The molecule has 0 aliphatic heterocycles. The molecule has 3 heteroatoms. The molecule has 0 aliphatic carbocycles. The standard InChI is InChI=1S/C12H19NO.HI/c1-4-13(3)9-10-14-12-7-5-11(2)6-8-12;/h5-8H,4,9-10H2,1-3H3;1H/p-1. The summed E-state index contributed by atoms with van der Waals surface area (Å²) < 4.78 is 5.59. The minimum absolute atomic E-state index is 0. The van der Waals surface area contributed by atoms with Crippen molar-refractivity contribution in [3.63, 3.8) is 0 Å². The maximum absolute atomic E-state index is 5.59. The Balaban J connectivity index is 0.00000196. The highest BCUT2D eigenvalue weighted by molar-refractivity contribution is 5.26. The zero-order chi connectivity index (χ0) is 10.4. The molecule has 0 saturated carbocycles. The van der Waals surface area contributed by atoms with E-state index in [0.717, 1.165) is 25.4 Å². The molecule has 0 aromatic heterocycles. The largest absolute Gasteiger partial charge is 1.00 e. The molecule has 2 nitrogen and oxygen atoms in total. The van der Waals surface area contributed by atoms with Crippen LogP contribution in [-0.2, 0) is 0 Å². The van der Waals surface area contributed by atoms with Gasteiger partial charge in [-0.3, -0.25) is 0 Å². The molecule has 1 rings (SSSR count). The zero-order valence-electron chi connectivity index (χ0n) is 9.66. The molecule has 0 radical (unpaired) electrons. The number of hydrogen-bond donors (Lipinski definition) is 0. The Morgan fingerprint density at radius 1 is 1.20 bits per heavy atom. The van der Waals surface area contributed by atoms with Gasteiger partial charge in [-0.05, 0) is 32.6 Å². The van der Waals surface area contributed by atoms with E-state index in [0.29, 0.717) is 0 Å². The van der Waals surface area contributed by atoms with Crippen LogP contribution in [-0.4, -0.2) is 31.6 Å². The van der Waals surface area contributed by atoms with Gasteiger partial charge in [-0.1, -0.05) is 24.6 Å². The average molecular weight is 320 g/mol. The molecule has 0 amide bonds. The highest BCUT2D eigenvalue weighted by atomic mass is 127. The fourth-order valence-electron chi connectivity index (χ4n) is 1.11. The van der Waals surface area contributed by atoms with E-state index >= 15 is 0 Å². The minimum atomic E-state index is 0. The Hall–Kier alpha value is -0.290. The first-order valence-corrected chi connectivity index (χ1v) is 5.10. The highest BCUT2D eigenvalue weighted by Crippen LogP contribution is 2.10. The Morgan fingerprint density at radius 3 is 2.33 bits per heavy atom. The molecule has 0 aliphatic rings. The van der Waals surface area contributed by atoms with Crippen LogP contribution in [0.1, 0.15) is 12.5 Å². The van der Waals surface area contributed by atoms with Gasteiger partial charge in [-0.25, -0.2) is 0 Å². The normalized spacial score (nSPS) is 9.87. The number of likely N-dealkylation sites (N-methyl/N-ethyl adjacent to an activating group) is 1. The van der Waals surface area contributed by atoms with E-state index in [4.69, 9.17) is 4.74 Å². The summed E-state index contributed by atoms with van der Waals surface area (Å²) in [5.74, 6) is 0.958. The third kappa shape index (κ3) is 5.99. The summed E-state index contributed by atoms with van der Waals surface area (Å²) in [6, 6.07) is 8.17. The predicted molar refractivity (Wildman–Crippen MR) is 59.8 cm³/mol. The lowest BCUT2D eigenvalue weighted by molar-refractivity contribution is -0.00000359. The summed E-state index contributed by atoms with van der Waals surface area (Å²) in [6.07, 6.45) is 0. The molecule has 0 atom stereocenters. The van der Waals surface area contributed by atoms with Crippen LogP contribution in [0.5, 0.6) is 5.75 Å². The van der Waals surface area contributed by atoms with Crippen molar-refractivity contribution in [3.8, 4) is 5.75 Å². The first-order valence-electron chi connectivity index (χ1n) is 5.10. The lowest BCUT2D eigenvalue weighted by Gasteiger charge is -2.14. The van der Waals surface area contributed by atoms with Crippen LogP contribution in [0.25, 0.3) is 0 Å². The van der Waals surface area contributed by atoms with Gasteiger partial charge in [0.25, 0.3) is 0 Å². The summed E-state index contributed by atoms with van der Waals surface area (Å²) in [5, 5.41) is 0. The van der Waals surface area contributed by atoms with Crippen molar-refractivity contribution in [1.29, 1.82) is 0 Å². The number of halogens is 1. The molecule has 0 N–H and O–H groups in total. The molecule has 1 aromatic carbocycles. The Labute approximate surface area is 110 Å². The highest BCUT2D eigenvalue weighted by Gasteiger charge is 1.95. The summed E-state index contributed by atoms with van der Waals surface area (Å²) in [4.78, 5) is 2.23. The topological polar surface area (TPSA) is 12.5 Å². The maximum atomic E-state index is 5.59. The second-order valence-electron chi connectivity index (χ2n) is 3.56. The quantitative estimate of drug-likeness (QED) is 0.668. The Morgan fingerprint density at radius 2 is 1.80 bits per heavy atom. The van der Waals surface area contributed by atoms with E-state index in [1.807, 2.05) is 12.1 Å². The SMILES string of the molecule is CCN(C)CCOc1ccc(C)cc1.[I-]. The molecular weight excluding hydrogens is 301 g/mol. The van der Waals surface area contributed by atoms with Gasteiger partial charge in [-0.15, -0.1) is 0 Å². The number of benzene rings is 1. The van der Waals surface area contributed by atoms with Gasteiger partial charge < -0.3 is 33.6 Å². The van der Waals surface area contributed by atoms with Crippen molar-refractivity contribution in [3.05, 3.63) is 29.8 Å². The first-order chi connectivity index (χ1) is 6.72. The van der Waals surface area contributed by atoms with Crippen molar-refractivity contribution >= 4 is 0 Å². The van der Waals surface area contributed by atoms with Crippen molar-refractivity contribution in [2.45, 2.75) is 13.8 Å². The summed E-state index contributed by atoms with van der Waals surface area (Å²) in [7, 11) is 2.10. The number of nitrogens with zero attached hydrogens (tertiary/aromatic N) is 1. The fourth-order valence-corrected chi connectivity index (χ4v) is 1.11. The van der Waals surface area contributed by atoms with E-state index in [1.165, 1.54) is 5.56 Å². The van der Waals surface area contributed by atoms with Gasteiger partial charge in [0.1, 0.15) is 12.4 Å². The van der Waals surface area contributed by atoms with Crippen molar-refractivity contribution < 1.29 is 28.7 Å². The summed E-state index contributed by atoms with van der Waals surface area (Å²) in [6.45, 7) is 7.02. The first kappa shape index (κ1) is 14.7. The van der Waals surface area contributed by atoms with Crippen LogP contribution in [0, 0.1) is 6.92 Å². The molecule has 0 bridgehead atoms. The molecule has 1 aromatic rings. The second-order valence-corrected chi connectivity index (χ2v) is 3.56. The van der Waals surface area contributed by atoms with Gasteiger partial charge in [-0.2, -0.15) is 0 Å². The van der Waals surface area contributed by atoms with E-state index in [-0.39, 0.29) is 24.0 Å². The van der Waals surface area contributed by atoms with Gasteiger partial charge in [0, 0.05) is 6.54 Å². The molecule has 0 unspecified atom stereocenters. The monoisotopic (exact) mass is 320 g/mol. The molecule has 86 valence electrons. The number of rotatable bonds is 5. The van der Waals surface area contributed by atoms with Crippen molar-refractivity contribution in [1.82, 2.24) is 4.90 Å². The third-order valence-electron chi connectivity index (χ3n) is 2.30. The molecule has 15 heavy (non-hydrogen) atoms. The molecule has 0 saturated heterocycles. The number of ether oxygens (including phenoxy) is 1. The minimum Gasteiger partial charge on any atom is -1.00 e.